The van der Waals surface area contributed by atoms with Gasteiger partial charge in [0.25, 0.3) is 0 Å². The lowest BCUT2D eigenvalue weighted by Gasteiger charge is -2.39. The van der Waals surface area contributed by atoms with Crippen LogP contribution in [0, 0.1) is 5.41 Å². The van der Waals surface area contributed by atoms with E-state index in [1.807, 2.05) is 4.90 Å². The van der Waals surface area contributed by atoms with Crippen LogP contribution in [0.3, 0.4) is 0 Å². The van der Waals surface area contributed by atoms with E-state index in [1.165, 1.54) is 10.4 Å². The van der Waals surface area contributed by atoms with Gasteiger partial charge in [0.05, 0.1) is 0 Å². The normalized spacial score (nSPS) is 23.1. The van der Waals surface area contributed by atoms with Gasteiger partial charge in [0.2, 0.25) is 5.91 Å². The van der Waals surface area contributed by atoms with E-state index in [4.69, 9.17) is 0 Å². The highest BCUT2D eigenvalue weighted by molar-refractivity contribution is 7.10. The van der Waals surface area contributed by atoms with Crippen molar-refractivity contribution >= 4 is 23.2 Å². The van der Waals surface area contributed by atoms with Gasteiger partial charge in [-0.05, 0) is 55.8 Å². The zero-order valence-corrected chi connectivity index (χ0v) is 16.7. The number of carboxylic acids is 1. The average molecular weight is 380 g/mol. The molecule has 2 aliphatic heterocycles. The second kappa shape index (κ2) is 7.66. The average Bonchev–Trinajstić information content (AvgIpc) is 3.12. The first kappa shape index (κ1) is 19.3. The van der Waals surface area contributed by atoms with Gasteiger partial charge in [0, 0.05) is 44.5 Å². The number of carbonyl (C=O) groups is 2. The van der Waals surface area contributed by atoms with Gasteiger partial charge in [-0.2, -0.15) is 0 Å². The Labute approximate surface area is 159 Å². The third kappa shape index (κ3) is 4.27. The fourth-order valence-electron chi connectivity index (χ4n) is 4.37. The third-order valence-corrected chi connectivity index (χ3v) is 6.70. The fourth-order valence-corrected chi connectivity index (χ4v) is 5.28. The molecule has 1 spiro atoms. The standard InChI is InChI=1S/C19H29N3O3S/c1-14(23)21-6-4-19(5-7-21)9-17(18(24)25)22(13-19)11-16-8-15(12-26-16)10-20(2)3/h8,12,17H,4-7,9-11,13H2,1-3H3,(H,24,25)/t17-/m0/s1. The van der Waals surface area contributed by atoms with Crippen molar-refractivity contribution in [3.8, 4) is 0 Å². The molecule has 7 heteroatoms. The molecule has 0 unspecified atom stereocenters. The van der Waals surface area contributed by atoms with Crippen LogP contribution in [-0.4, -0.2) is 71.5 Å². The van der Waals surface area contributed by atoms with Crippen LogP contribution < -0.4 is 0 Å². The molecule has 2 fully saturated rings. The lowest BCUT2D eigenvalue weighted by molar-refractivity contribution is -0.142. The van der Waals surface area contributed by atoms with Crippen LogP contribution in [0.2, 0.25) is 0 Å². The Morgan fingerprint density at radius 2 is 2.04 bits per heavy atom. The van der Waals surface area contributed by atoms with Crippen molar-refractivity contribution in [2.45, 2.75) is 45.3 Å². The summed E-state index contributed by atoms with van der Waals surface area (Å²) in [4.78, 5) is 30.8. The quantitative estimate of drug-likeness (QED) is 0.849. The fraction of sp³-hybridized carbons (Fsp3) is 0.684. The van der Waals surface area contributed by atoms with Gasteiger partial charge in [-0.3, -0.25) is 14.5 Å². The molecular weight excluding hydrogens is 350 g/mol. The Morgan fingerprint density at radius 1 is 1.35 bits per heavy atom. The maximum Gasteiger partial charge on any atom is 0.320 e. The Bertz CT molecular complexity index is 665. The molecule has 0 saturated carbocycles. The van der Waals surface area contributed by atoms with Gasteiger partial charge in [0.1, 0.15) is 6.04 Å². The molecule has 1 N–H and O–H groups in total. The van der Waals surface area contributed by atoms with Crippen molar-refractivity contribution in [3.05, 3.63) is 21.9 Å². The Balaban J connectivity index is 1.67. The topological polar surface area (TPSA) is 64.1 Å². The van der Waals surface area contributed by atoms with E-state index in [9.17, 15) is 14.7 Å². The smallest absolute Gasteiger partial charge is 0.320 e. The summed E-state index contributed by atoms with van der Waals surface area (Å²) in [7, 11) is 4.10. The Morgan fingerprint density at radius 3 is 2.62 bits per heavy atom. The molecule has 6 nitrogen and oxygen atoms in total. The highest BCUT2D eigenvalue weighted by Gasteiger charge is 2.48. The minimum Gasteiger partial charge on any atom is -0.480 e. The second-order valence-corrected chi connectivity index (χ2v) is 9.12. The van der Waals surface area contributed by atoms with Crippen LogP contribution in [0.5, 0.6) is 0 Å². The van der Waals surface area contributed by atoms with Crippen LogP contribution in [0.1, 0.15) is 36.6 Å². The van der Waals surface area contributed by atoms with E-state index in [2.05, 4.69) is 35.3 Å². The number of amides is 1. The number of piperidine rings is 1. The van der Waals surface area contributed by atoms with Gasteiger partial charge >= 0.3 is 5.97 Å². The summed E-state index contributed by atoms with van der Waals surface area (Å²) in [5, 5.41) is 11.9. The van der Waals surface area contributed by atoms with Gasteiger partial charge in [-0.1, -0.05) is 0 Å². The van der Waals surface area contributed by atoms with Crippen LogP contribution in [0.25, 0.3) is 0 Å². The summed E-state index contributed by atoms with van der Waals surface area (Å²) >= 11 is 1.72. The molecule has 2 aliphatic rings. The highest BCUT2D eigenvalue weighted by atomic mass is 32.1. The van der Waals surface area contributed by atoms with E-state index < -0.39 is 12.0 Å². The van der Waals surface area contributed by atoms with Crippen LogP contribution in [-0.2, 0) is 22.7 Å². The summed E-state index contributed by atoms with van der Waals surface area (Å²) in [5.41, 5.74) is 1.32. The molecule has 1 aromatic heterocycles. The van der Waals surface area contributed by atoms with Gasteiger partial charge in [0.15, 0.2) is 0 Å². The summed E-state index contributed by atoms with van der Waals surface area (Å²) in [6.45, 7) is 5.54. The predicted molar refractivity (Wildman–Crippen MR) is 102 cm³/mol. The Hall–Kier alpha value is -1.44. The molecular formula is C19H29N3O3S. The van der Waals surface area contributed by atoms with Crippen molar-refractivity contribution in [3.63, 3.8) is 0 Å². The number of rotatable bonds is 5. The summed E-state index contributed by atoms with van der Waals surface area (Å²) in [6, 6.07) is 1.78. The number of carbonyl (C=O) groups excluding carboxylic acids is 1. The first-order valence-corrected chi connectivity index (χ1v) is 10.1. The van der Waals surface area contributed by atoms with E-state index in [0.717, 1.165) is 39.0 Å². The molecule has 2 saturated heterocycles. The number of likely N-dealkylation sites (tertiary alicyclic amines) is 2. The summed E-state index contributed by atoms with van der Waals surface area (Å²) in [5.74, 6) is -0.600. The number of nitrogens with zero attached hydrogens (tertiary/aromatic N) is 3. The number of aliphatic carboxylic acids is 1. The molecule has 144 valence electrons. The molecule has 0 aromatic carbocycles. The molecule has 0 bridgehead atoms. The lowest BCUT2D eigenvalue weighted by Crippen LogP contribution is -2.43. The minimum atomic E-state index is -0.721. The van der Waals surface area contributed by atoms with Crippen molar-refractivity contribution in [2.75, 3.05) is 33.7 Å². The van der Waals surface area contributed by atoms with Crippen LogP contribution in [0.15, 0.2) is 11.4 Å². The van der Waals surface area contributed by atoms with Gasteiger partial charge in [-0.25, -0.2) is 0 Å². The van der Waals surface area contributed by atoms with E-state index in [-0.39, 0.29) is 11.3 Å². The third-order valence-electron chi connectivity index (χ3n) is 5.73. The predicted octanol–water partition coefficient (Wildman–Crippen LogP) is 2.10. The molecule has 0 radical (unpaired) electrons. The maximum absolute atomic E-state index is 11.8. The SMILES string of the molecule is CC(=O)N1CCC2(CC1)C[C@@H](C(=O)O)N(Cc1cc(CN(C)C)cs1)C2. The Kier molecular flexibility index (Phi) is 5.69. The van der Waals surface area contributed by atoms with Crippen molar-refractivity contribution < 1.29 is 14.7 Å². The first-order chi connectivity index (χ1) is 12.3. The number of thiophene rings is 1. The number of hydrogen-bond donors (Lipinski definition) is 1. The second-order valence-electron chi connectivity index (χ2n) is 8.13. The summed E-state index contributed by atoms with van der Waals surface area (Å²) in [6.07, 6.45) is 2.51. The van der Waals surface area contributed by atoms with Crippen molar-refractivity contribution in [2.24, 2.45) is 5.41 Å². The van der Waals surface area contributed by atoms with Crippen LogP contribution >= 0.6 is 11.3 Å². The number of carboxylic acid groups (broad SMARTS) is 1. The summed E-state index contributed by atoms with van der Waals surface area (Å²) < 4.78 is 0. The monoisotopic (exact) mass is 379 g/mol. The van der Waals surface area contributed by atoms with Crippen molar-refractivity contribution in [1.29, 1.82) is 0 Å². The van der Waals surface area contributed by atoms with E-state index in [1.54, 1.807) is 18.3 Å². The zero-order valence-electron chi connectivity index (χ0n) is 15.9. The molecule has 0 aliphatic carbocycles. The van der Waals surface area contributed by atoms with Crippen LogP contribution in [0.4, 0.5) is 0 Å². The van der Waals surface area contributed by atoms with Gasteiger partial charge in [-0.15, -0.1) is 11.3 Å². The highest BCUT2D eigenvalue weighted by Crippen LogP contribution is 2.44. The largest absolute Gasteiger partial charge is 0.480 e. The van der Waals surface area contributed by atoms with E-state index in [0.29, 0.717) is 13.0 Å². The zero-order chi connectivity index (χ0) is 18.9. The number of hydrogen-bond acceptors (Lipinski definition) is 5. The van der Waals surface area contributed by atoms with E-state index >= 15 is 0 Å². The minimum absolute atomic E-state index is 0.0404. The molecule has 26 heavy (non-hydrogen) atoms. The van der Waals surface area contributed by atoms with Crippen molar-refractivity contribution in [1.82, 2.24) is 14.7 Å². The first-order valence-electron chi connectivity index (χ1n) is 9.21. The van der Waals surface area contributed by atoms with Gasteiger partial charge < -0.3 is 14.9 Å². The molecule has 1 amide bonds. The molecule has 3 rings (SSSR count). The maximum atomic E-state index is 11.8. The lowest BCUT2D eigenvalue weighted by atomic mass is 9.76. The molecule has 1 atom stereocenters. The molecule has 3 heterocycles. The molecule has 1 aromatic rings.